The van der Waals surface area contributed by atoms with Gasteiger partial charge in [0, 0.05) is 18.2 Å². The topological polar surface area (TPSA) is 92.0 Å². The van der Waals surface area contributed by atoms with E-state index in [-0.39, 0.29) is 17.2 Å². The lowest BCUT2D eigenvalue weighted by Gasteiger charge is -2.30. The van der Waals surface area contributed by atoms with Crippen LogP contribution in [0.1, 0.15) is 15.9 Å². The molecule has 0 saturated carbocycles. The number of anilines is 1. The number of hydrogen-bond acceptors (Lipinski definition) is 5. The molecule has 2 aromatic carbocycles. The lowest BCUT2D eigenvalue weighted by atomic mass is 10.1. The number of nitrogens with zero attached hydrogens (tertiary/aromatic N) is 2. The van der Waals surface area contributed by atoms with E-state index >= 15 is 0 Å². The van der Waals surface area contributed by atoms with Crippen LogP contribution in [0.15, 0.2) is 48.5 Å². The number of nitro benzene ring substituents is 1. The van der Waals surface area contributed by atoms with Crippen molar-refractivity contribution in [3.05, 3.63) is 69.8 Å². The van der Waals surface area contributed by atoms with Crippen LogP contribution >= 0.6 is 0 Å². The summed E-state index contributed by atoms with van der Waals surface area (Å²) < 4.78 is 0. The molecule has 8 nitrogen and oxygen atoms in total. The number of rotatable bonds is 6. The van der Waals surface area contributed by atoms with Crippen molar-refractivity contribution < 1.29 is 14.6 Å². The van der Waals surface area contributed by atoms with E-state index < -0.39 is 4.92 Å². The van der Waals surface area contributed by atoms with Crippen LogP contribution in [0.2, 0.25) is 0 Å². The van der Waals surface area contributed by atoms with Crippen LogP contribution in [-0.4, -0.2) is 49.1 Å². The van der Waals surface area contributed by atoms with Crippen molar-refractivity contribution in [3.8, 4) is 0 Å². The third-order valence-electron chi connectivity index (χ3n) is 4.66. The number of carbonyl (C=O) groups excluding carboxylic acids is 1. The number of nitro groups is 1. The van der Waals surface area contributed by atoms with Crippen molar-refractivity contribution in [1.82, 2.24) is 10.4 Å². The highest BCUT2D eigenvalue weighted by atomic mass is 16.6. The average Bonchev–Trinajstić information content (AvgIpc) is 2.68. The fourth-order valence-corrected chi connectivity index (χ4v) is 2.97. The Bertz CT molecular complexity index is 804. The van der Waals surface area contributed by atoms with Crippen molar-refractivity contribution in [2.45, 2.75) is 6.54 Å². The maximum Gasteiger partial charge on any atom is 0.293 e. The second-order valence-electron chi connectivity index (χ2n) is 6.71. The Morgan fingerprint density at radius 1 is 1.19 bits per heavy atom. The lowest BCUT2D eigenvalue weighted by molar-refractivity contribution is -0.884. The zero-order chi connectivity index (χ0) is 19.2. The molecule has 0 atom stereocenters. The standard InChI is InChI=1S/C19H23N5O3/c1-22-9-11-23(12-10-22)21-19(25)16-7-8-17(18(13-16)24(26)27)20-14-15-5-3-2-4-6-15/h2-8,13,20H,9-12,14H2,1H3,(H,21,25)/p+1. The largest absolute Gasteiger partial charge is 0.375 e. The Hall–Kier alpha value is -2.97. The molecule has 1 aliphatic rings. The smallest absolute Gasteiger partial charge is 0.293 e. The first kappa shape index (κ1) is 18.8. The van der Waals surface area contributed by atoms with Gasteiger partial charge in [-0.15, -0.1) is 0 Å². The lowest BCUT2D eigenvalue weighted by Crippen LogP contribution is -3.12. The highest BCUT2D eigenvalue weighted by Crippen LogP contribution is 2.26. The van der Waals surface area contributed by atoms with E-state index in [4.69, 9.17) is 0 Å². The molecule has 0 aromatic heterocycles. The van der Waals surface area contributed by atoms with E-state index in [2.05, 4.69) is 17.8 Å². The summed E-state index contributed by atoms with van der Waals surface area (Å²) in [6.45, 7) is 3.88. The van der Waals surface area contributed by atoms with E-state index in [1.54, 1.807) is 12.1 Å². The van der Waals surface area contributed by atoms with Crippen molar-refractivity contribution in [2.75, 3.05) is 38.5 Å². The number of likely N-dealkylation sites (N-methyl/N-ethyl adjacent to an activating group) is 1. The second kappa shape index (κ2) is 8.61. The Morgan fingerprint density at radius 2 is 1.89 bits per heavy atom. The molecule has 27 heavy (non-hydrogen) atoms. The molecular formula is C19H24N5O3+. The van der Waals surface area contributed by atoms with Gasteiger partial charge in [-0.05, 0) is 17.7 Å². The average molecular weight is 370 g/mol. The Balaban J connectivity index is 1.69. The summed E-state index contributed by atoms with van der Waals surface area (Å²) in [6, 6.07) is 14.2. The predicted octanol–water partition coefficient (Wildman–Crippen LogP) is 0.682. The SMILES string of the molecule is C[NH+]1CCN(NC(=O)c2ccc(NCc3ccccc3)c([N+](=O)[O-])c2)CC1. The summed E-state index contributed by atoms with van der Waals surface area (Å²) >= 11 is 0. The molecule has 142 valence electrons. The van der Waals surface area contributed by atoms with E-state index in [0.29, 0.717) is 12.2 Å². The van der Waals surface area contributed by atoms with Crippen LogP contribution < -0.4 is 15.6 Å². The summed E-state index contributed by atoms with van der Waals surface area (Å²) in [7, 11) is 2.11. The molecule has 8 heteroatoms. The van der Waals surface area contributed by atoms with Crippen molar-refractivity contribution >= 4 is 17.3 Å². The van der Waals surface area contributed by atoms with Gasteiger partial charge in [0.15, 0.2) is 0 Å². The highest BCUT2D eigenvalue weighted by molar-refractivity contribution is 5.95. The molecule has 1 aliphatic heterocycles. The van der Waals surface area contributed by atoms with Crippen molar-refractivity contribution in [3.63, 3.8) is 0 Å². The van der Waals surface area contributed by atoms with Crippen molar-refractivity contribution in [2.24, 2.45) is 0 Å². The van der Waals surface area contributed by atoms with Gasteiger partial charge in [-0.2, -0.15) is 0 Å². The Kier molecular flexibility index (Phi) is 6.00. The highest BCUT2D eigenvalue weighted by Gasteiger charge is 2.21. The Morgan fingerprint density at radius 3 is 2.56 bits per heavy atom. The predicted molar refractivity (Wildman–Crippen MR) is 103 cm³/mol. The molecular weight excluding hydrogens is 346 g/mol. The van der Waals surface area contributed by atoms with Gasteiger partial charge in [0.25, 0.3) is 11.6 Å². The van der Waals surface area contributed by atoms with Gasteiger partial charge in [0.1, 0.15) is 5.69 Å². The first-order chi connectivity index (χ1) is 13.0. The molecule has 1 fully saturated rings. The van der Waals surface area contributed by atoms with Crippen LogP contribution in [0.3, 0.4) is 0 Å². The maximum absolute atomic E-state index is 12.5. The number of benzene rings is 2. The number of amides is 1. The van der Waals surface area contributed by atoms with Gasteiger partial charge in [-0.25, -0.2) is 5.01 Å². The van der Waals surface area contributed by atoms with E-state index in [9.17, 15) is 14.9 Å². The second-order valence-corrected chi connectivity index (χ2v) is 6.71. The summed E-state index contributed by atoms with van der Waals surface area (Å²) in [5.74, 6) is -0.327. The summed E-state index contributed by atoms with van der Waals surface area (Å²) in [6.07, 6.45) is 0. The minimum absolute atomic E-state index is 0.110. The molecule has 0 unspecified atom stereocenters. The first-order valence-corrected chi connectivity index (χ1v) is 8.96. The number of carbonyl (C=O) groups is 1. The first-order valence-electron chi connectivity index (χ1n) is 8.96. The van der Waals surface area contributed by atoms with Crippen LogP contribution in [-0.2, 0) is 6.54 Å². The van der Waals surface area contributed by atoms with Gasteiger partial charge in [0.05, 0.1) is 38.2 Å². The normalized spacial score (nSPS) is 15.3. The van der Waals surface area contributed by atoms with Crippen LogP contribution in [0, 0.1) is 10.1 Å². The summed E-state index contributed by atoms with van der Waals surface area (Å²) in [4.78, 5) is 24.9. The molecule has 0 bridgehead atoms. The van der Waals surface area contributed by atoms with Gasteiger partial charge >= 0.3 is 0 Å². The number of quaternary nitrogens is 1. The maximum atomic E-state index is 12.5. The monoisotopic (exact) mass is 370 g/mol. The van der Waals surface area contributed by atoms with E-state index in [1.165, 1.54) is 11.0 Å². The molecule has 1 heterocycles. The Labute approximate surface area is 157 Å². The zero-order valence-electron chi connectivity index (χ0n) is 15.3. The molecule has 1 saturated heterocycles. The van der Waals surface area contributed by atoms with Gasteiger partial charge in [0.2, 0.25) is 0 Å². The van der Waals surface area contributed by atoms with Crippen molar-refractivity contribution in [1.29, 1.82) is 0 Å². The fraction of sp³-hybridized carbons (Fsp3) is 0.316. The molecule has 0 aliphatic carbocycles. The molecule has 1 amide bonds. The molecule has 2 aromatic rings. The molecule has 3 N–H and O–H groups in total. The van der Waals surface area contributed by atoms with Gasteiger partial charge in [-0.1, -0.05) is 30.3 Å². The number of hydrazine groups is 1. The van der Waals surface area contributed by atoms with E-state index in [0.717, 1.165) is 31.7 Å². The zero-order valence-corrected chi connectivity index (χ0v) is 15.3. The number of nitrogens with one attached hydrogen (secondary N) is 3. The number of piperazine rings is 1. The number of hydrogen-bond donors (Lipinski definition) is 3. The third-order valence-corrected chi connectivity index (χ3v) is 4.66. The van der Waals surface area contributed by atoms with Gasteiger partial charge < -0.3 is 10.2 Å². The van der Waals surface area contributed by atoms with Crippen LogP contribution in [0.25, 0.3) is 0 Å². The minimum Gasteiger partial charge on any atom is -0.375 e. The van der Waals surface area contributed by atoms with Crippen LogP contribution in [0.5, 0.6) is 0 Å². The minimum atomic E-state index is -0.469. The third kappa shape index (κ3) is 5.02. The van der Waals surface area contributed by atoms with Gasteiger partial charge in [-0.3, -0.25) is 20.3 Å². The molecule has 3 rings (SSSR count). The molecule has 0 radical (unpaired) electrons. The summed E-state index contributed by atoms with van der Waals surface area (Å²) in [5.41, 5.74) is 4.42. The fourth-order valence-electron chi connectivity index (χ4n) is 2.97. The quantitative estimate of drug-likeness (QED) is 0.514. The van der Waals surface area contributed by atoms with Crippen LogP contribution in [0.4, 0.5) is 11.4 Å². The molecule has 0 spiro atoms. The van der Waals surface area contributed by atoms with E-state index in [1.807, 2.05) is 35.3 Å². The summed E-state index contributed by atoms with van der Waals surface area (Å²) in [5, 5.41) is 16.4.